The third-order valence-electron chi connectivity index (χ3n) is 3.91. The van der Waals surface area contributed by atoms with E-state index in [0.717, 1.165) is 27.4 Å². The molecule has 0 spiro atoms. The van der Waals surface area contributed by atoms with Gasteiger partial charge in [0.15, 0.2) is 0 Å². The average molecular weight is 356 g/mol. The molecule has 0 saturated carbocycles. The Bertz CT molecular complexity index is 930. The predicted molar refractivity (Wildman–Crippen MR) is 101 cm³/mol. The minimum Gasteiger partial charge on any atom is -0.361 e. The smallest absolute Gasteiger partial charge is 0.270 e. The zero-order valence-corrected chi connectivity index (χ0v) is 15.4. The molecule has 130 valence electrons. The number of nitrogens with one attached hydrogen (secondary N) is 1. The first-order chi connectivity index (χ1) is 11.7. The summed E-state index contributed by atoms with van der Waals surface area (Å²) in [7, 11) is 0. The first kappa shape index (κ1) is 17.3. The van der Waals surface area contributed by atoms with Crippen molar-refractivity contribution in [3.8, 4) is 0 Å². The quantitative estimate of drug-likeness (QED) is 0.521. The second kappa shape index (κ2) is 6.40. The molecule has 3 rings (SSSR count). The van der Waals surface area contributed by atoms with Crippen molar-refractivity contribution in [1.29, 1.82) is 0 Å². The summed E-state index contributed by atoms with van der Waals surface area (Å²) in [5, 5.41) is 18.1. The van der Waals surface area contributed by atoms with Gasteiger partial charge in [0.25, 0.3) is 5.69 Å². The van der Waals surface area contributed by atoms with Gasteiger partial charge in [-0.25, -0.2) is 9.97 Å². The van der Waals surface area contributed by atoms with Crippen LogP contribution < -0.4 is 5.32 Å². The highest BCUT2D eigenvalue weighted by atomic mass is 32.1. The highest BCUT2D eigenvalue weighted by Crippen LogP contribution is 2.28. The van der Waals surface area contributed by atoms with Crippen LogP contribution in [-0.4, -0.2) is 14.9 Å². The van der Waals surface area contributed by atoms with Crippen molar-refractivity contribution in [3.05, 3.63) is 56.5 Å². The number of nitro groups is 1. The van der Waals surface area contributed by atoms with Gasteiger partial charge in [-0.05, 0) is 25.1 Å². The molecule has 0 aliphatic carbocycles. The van der Waals surface area contributed by atoms with Gasteiger partial charge < -0.3 is 5.32 Å². The number of nitrogens with zero attached hydrogens (tertiary/aromatic N) is 3. The summed E-state index contributed by atoms with van der Waals surface area (Å²) in [6.07, 6.45) is 0. The fraction of sp³-hybridized carbons (Fsp3) is 0.333. The molecule has 0 aliphatic rings. The van der Waals surface area contributed by atoms with Gasteiger partial charge in [0.2, 0.25) is 0 Å². The number of nitro benzene ring substituents is 1. The minimum absolute atomic E-state index is 0.0316. The summed E-state index contributed by atoms with van der Waals surface area (Å²) in [5.41, 5.74) is 1.91. The third kappa shape index (κ3) is 3.76. The van der Waals surface area contributed by atoms with Crippen molar-refractivity contribution < 1.29 is 4.92 Å². The van der Waals surface area contributed by atoms with E-state index >= 15 is 0 Å². The van der Waals surface area contributed by atoms with Crippen molar-refractivity contribution in [2.45, 2.75) is 39.2 Å². The summed E-state index contributed by atoms with van der Waals surface area (Å²) < 4.78 is 0. The first-order valence-electron chi connectivity index (χ1n) is 8.02. The number of hydrogen-bond donors (Lipinski definition) is 1. The molecule has 1 unspecified atom stereocenters. The Morgan fingerprint density at radius 3 is 2.60 bits per heavy atom. The van der Waals surface area contributed by atoms with Crippen LogP contribution in [0.1, 0.15) is 44.4 Å². The molecule has 7 heteroatoms. The van der Waals surface area contributed by atoms with Crippen molar-refractivity contribution in [3.63, 3.8) is 0 Å². The molecule has 1 aromatic carbocycles. The second-order valence-corrected chi connectivity index (χ2v) is 7.91. The molecule has 2 aromatic heterocycles. The van der Waals surface area contributed by atoms with E-state index in [0.29, 0.717) is 0 Å². The molecule has 25 heavy (non-hydrogen) atoms. The van der Waals surface area contributed by atoms with Crippen LogP contribution in [0.3, 0.4) is 0 Å². The zero-order chi connectivity index (χ0) is 18.2. The number of anilines is 1. The standard InChI is InChI=1S/C18H20N4O2S/c1-11(17-21-15(10-25-17)18(2,3)4)19-16-8-5-12-9-13(22(23)24)6-7-14(12)20-16/h5-11H,1-4H3,(H,19,20). The Labute approximate surface area is 150 Å². The molecule has 0 bridgehead atoms. The molecule has 3 aromatic rings. The monoisotopic (exact) mass is 356 g/mol. The lowest BCUT2D eigenvalue weighted by Gasteiger charge is -2.15. The summed E-state index contributed by atoms with van der Waals surface area (Å²) >= 11 is 1.64. The average Bonchev–Trinajstić information content (AvgIpc) is 3.04. The Balaban J connectivity index is 1.81. The SMILES string of the molecule is CC(Nc1ccc2cc([N+](=O)[O-])ccc2n1)c1nc(C(C)(C)C)cs1. The van der Waals surface area contributed by atoms with Crippen LogP contribution in [0.15, 0.2) is 35.7 Å². The Morgan fingerprint density at radius 1 is 1.20 bits per heavy atom. The van der Waals surface area contributed by atoms with E-state index in [1.54, 1.807) is 17.4 Å². The van der Waals surface area contributed by atoms with Gasteiger partial charge in [0.1, 0.15) is 10.8 Å². The third-order valence-corrected chi connectivity index (χ3v) is 4.94. The lowest BCUT2D eigenvalue weighted by molar-refractivity contribution is -0.384. The maximum Gasteiger partial charge on any atom is 0.270 e. The number of fused-ring (bicyclic) bond motifs is 1. The predicted octanol–water partition coefficient (Wildman–Crippen LogP) is 5.07. The van der Waals surface area contributed by atoms with Crippen LogP contribution in [0.25, 0.3) is 10.9 Å². The van der Waals surface area contributed by atoms with Crippen LogP contribution in [0.4, 0.5) is 11.5 Å². The normalized spacial score (nSPS) is 13.0. The van der Waals surface area contributed by atoms with Crippen molar-refractivity contribution in [2.75, 3.05) is 5.32 Å². The maximum absolute atomic E-state index is 10.9. The van der Waals surface area contributed by atoms with E-state index < -0.39 is 4.92 Å². The fourth-order valence-electron chi connectivity index (χ4n) is 2.42. The van der Waals surface area contributed by atoms with Gasteiger partial charge in [0.05, 0.1) is 22.2 Å². The number of pyridine rings is 1. The number of rotatable bonds is 4. The Morgan fingerprint density at radius 2 is 1.96 bits per heavy atom. The first-order valence-corrected chi connectivity index (χ1v) is 8.89. The summed E-state index contributed by atoms with van der Waals surface area (Å²) in [6.45, 7) is 8.49. The molecule has 1 atom stereocenters. The van der Waals surface area contributed by atoms with E-state index in [1.165, 1.54) is 12.1 Å². The van der Waals surface area contributed by atoms with Gasteiger partial charge >= 0.3 is 0 Å². The van der Waals surface area contributed by atoms with E-state index in [2.05, 4.69) is 36.5 Å². The lowest BCUT2D eigenvalue weighted by Crippen LogP contribution is -2.13. The van der Waals surface area contributed by atoms with Crippen LogP contribution in [-0.2, 0) is 5.41 Å². The Kier molecular flexibility index (Phi) is 4.43. The van der Waals surface area contributed by atoms with Crippen molar-refractivity contribution in [1.82, 2.24) is 9.97 Å². The molecule has 0 saturated heterocycles. The molecule has 6 nitrogen and oxygen atoms in total. The number of hydrogen-bond acceptors (Lipinski definition) is 6. The van der Waals surface area contributed by atoms with E-state index in [9.17, 15) is 10.1 Å². The van der Waals surface area contributed by atoms with Gasteiger partial charge in [-0.1, -0.05) is 20.8 Å². The summed E-state index contributed by atoms with van der Waals surface area (Å²) in [6, 6.07) is 8.38. The van der Waals surface area contributed by atoms with Crippen molar-refractivity contribution >= 4 is 33.7 Å². The molecule has 1 N–H and O–H groups in total. The van der Waals surface area contributed by atoms with Gasteiger partial charge in [-0.15, -0.1) is 11.3 Å². The van der Waals surface area contributed by atoms with Crippen LogP contribution >= 0.6 is 11.3 Å². The van der Waals surface area contributed by atoms with Gasteiger partial charge in [-0.3, -0.25) is 10.1 Å². The van der Waals surface area contributed by atoms with E-state index in [4.69, 9.17) is 4.98 Å². The van der Waals surface area contributed by atoms with Crippen LogP contribution in [0, 0.1) is 10.1 Å². The number of aromatic nitrogens is 2. The number of benzene rings is 1. The van der Waals surface area contributed by atoms with Gasteiger partial charge in [-0.2, -0.15) is 0 Å². The zero-order valence-electron chi connectivity index (χ0n) is 14.6. The number of non-ortho nitro benzene ring substituents is 1. The highest BCUT2D eigenvalue weighted by Gasteiger charge is 2.19. The molecule has 2 heterocycles. The summed E-state index contributed by atoms with van der Waals surface area (Å²) in [4.78, 5) is 19.7. The highest BCUT2D eigenvalue weighted by molar-refractivity contribution is 7.09. The summed E-state index contributed by atoms with van der Waals surface area (Å²) in [5.74, 6) is 0.723. The largest absolute Gasteiger partial charge is 0.361 e. The fourth-order valence-corrected chi connectivity index (χ4v) is 3.47. The topological polar surface area (TPSA) is 81.0 Å². The maximum atomic E-state index is 10.9. The number of thiazole rings is 1. The van der Waals surface area contributed by atoms with Gasteiger partial charge in [0, 0.05) is 28.3 Å². The molecule has 0 aliphatic heterocycles. The molecule has 0 fully saturated rings. The van der Waals surface area contributed by atoms with Crippen LogP contribution in [0.5, 0.6) is 0 Å². The lowest BCUT2D eigenvalue weighted by atomic mass is 9.93. The second-order valence-electron chi connectivity index (χ2n) is 7.02. The van der Waals surface area contributed by atoms with E-state index in [1.807, 2.05) is 19.1 Å². The van der Waals surface area contributed by atoms with Crippen molar-refractivity contribution in [2.24, 2.45) is 0 Å². The van der Waals surface area contributed by atoms with Crippen LogP contribution in [0.2, 0.25) is 0 Å². The molecular formula is C18H20N4O2S. The molecular weight excluding hydrogens is 336 g/mol. The van der Waals surface area contributed by atoms with E-state index in [-0.39, 0.29) is 17.1 Å². The minimum atomic E-state index is -0.400. The molecule has 0 radical (unpaired) electrons. The Hall–Kier alpha value is -2.54. The molecule has 0 amide bonds.